The Kier molecular flexibility index (Phi) is 4.96. The van der Waals surface area contributed by atoms with E-state index in [0.29, 0.717) is 6.54 Å². The summed E-state index contributed by atoms with van der Waals surface area (Å²) >= 11 is 0. The minimum atomic E-state index is -0.215. The van der Waals surface area contributed by atoms with E-state index in [9.17, 15) is 4.39 Å². The highest BCUT2D eigenvalue weighted by molar-refractivity contribution is 5.33. The molecule has 100 valence electrons. The van der Waals surface area contributed by atoms with Crippen LogP contribution < -0.4 is 15.4 Å². The monoisotopic (exact) mass is 252 g/mol. The maximum atomic E-state index is 13.1. The highest BCUT2D eigenvalue weighted by atomic mass is 19.1. The van der Waals surface area contributed by atoms with Gasteiger partial charge >= 0.3 is 0 Å². The molecule has 0 spiro atoms. The summed E-state index contributed by atoms with van der Waals surface area (Å²) in [5.41, 5.74) is 0.877. The van der Waals surface area contributed by atoms with Gasteiger partial charge in [0.15, 0.2) is 0 Å². The van der Waals surface area contributed by atoms with Gasteiger partial charge in [-0.25, -0.2) is 4.39 Å². The molecule has 1 saturated heterocycles. The fourth-order valence-electron chi connectivity index (χ4n) is 2.38. The first-order valence-electron chi connectivity index (χ1n) is 6.53. The first-order valence-corrected chi connectivity index (χ1v) is 6.53. The Bertz CT molecular complexity index is 378. The van der Waals surface area contributed by atoms with Crippen LogP contribution in [0.4, 0.5) is 4.39 Å². The van der Waals surface area contributed by atoms with Crippen LogP contribution >= 0.6 is 0 Å². The molecule has 0 bridgehead atoms. The third-order valence-electron chi connectivity index (χ3n) is 3.45. The highest BCUT2D eigenvalue weighted by Crippen LogP contribution is 2.19. The van der Waals surface area contributed by atoms with Crippen molar-refractivity contribution in [2.24, 2.45) is 5.92 Å². The van der Waals surface area contributed by atoms with Crippen molar-refractivity contribution in [3.8, 4) is 5.75 Å². The predicted molar refractivity (Wildman–Crippen MR) is 70.3 cm³/mol. The van der Waals surface area contributed by atoms with Gasteiger partial charge in [-0.3, -0.25) is 0 Å². The Morgan fingerprint density at radius 2 is 2.39 bits per heavy atom. The van der Waals surface area contributed by atoms with Crippen LogP contribution in [0.2, 0.25) is 0 Å². The quantitative estimate of drug-likeness (QED) is 0.759. The van der Waals surface area contributed by atoms with E-state index in [1.54, 1.807) is 13.2 Å². The number of hydrogen-bond acceptors (Lipinski definition) is 3. The first kappa shape index (κ1) is 13.3. The molecule has 0 aliphatic carbocycles. The number of rotatable bonds is 6. The van der Waals surface area contributed by atoms with Crippen molar-refractivity contribution in [1.82, 2.24) is 10.6 Å². The molecule has 4 heteroatoms. The van der Waals surface area contributed by atoms with E-state index in [0.717, 1.165) is 36.9 Å². The van der Waals surface area contributed by atoms with Crippen LogP contribution in [0.3, 0.4) is 0 Å². The molecule has 1 unspecified atom stereocenters. The van der Waals surface area contributed by atoms with Gasteiger partial charge in [0.2, 0.25) is 0 Å². The summed E-state index contributed by atoms with van der Waals surface area (Å²) in [6.45, 7) is 3.89. The molecule has 1 heterocycles. The summed E-state index contributed by atoms with van der Waals surface area (Å²) in [7, 11) is 1.61. The average molecular weight is 252 g/mol. The standard InChI is InChI=1S/C14H21FN2O/c1-18-14-3-2-13(15)8-12(14)10-17-7-5-11-4-6-16-9-11/h2-3,8,11,16-17H,4-7,9-10H2,1H3. The maximum absolute atomic E-state index is 13.1. The SMILES string of the molecule is COc1ccc(F)cc1CNCCC1CCNC1. The predicted octanol–water partition coefficient (Wildman–Crippen LogP) is 1.92. The molecule has 1 aliphatic heterocycles. The van der Waals surface area contributed by atoms with Crippen LogP contribution in [0.15, 0.2) is 18.2 Å². The molecule has 1 atom stereocenters. The van der Waals surface area contributed by atoms with Crippen LogP contribution in [-0.2, 0) is 6.54 Å². The van der Waals surface area contributed by atoms with Crippen molar-refractivity contribution in [3.63, 3.8) is 0 Å². The van der Waals surface area contributed by atoms with E-state index in [1.165, 1.54) is 25.0 Å². The summed E-state index contributed by atoms with van der Waals surface area (Å²) in [5.74, 6) is 1.31. The fourth-order valence-corrected chi connectivity index (χ4v) is 2.38. The van der Waals surface area contributed by atoms with Crippen LogP contribution in [0.5, 0.6) is 5.75 Å². The molecule has 0 radical (unpaired) electrons. The Balaban J connectivity index is 1.76. The van der Waals surface area contributed by atoms with Crippen molar-refractivity contribution >= 4 is 0 Å². The lowest BCUT2D eigenvalue weighted by Crippen LogP contribution is -2.19. The van der Waals surface area contributed by atoms with Crippen LogP contribution in [0, 0.1) is 11.7 Å². The summed E-state index contributed by atoms with van der Waals surface area (Å²) in [4.78, 5) is 0. The van der Waals surface area contributed by atoms with Crippen LogP contribution in [-0.4, -0.2) is 26.7 Å². The summed E-state index contributed by atoms with van der Waals surface area (Å²) in [6.07, 6.45) is 2.44. The zero-order valence-electron chi connectivity index (χ0n) is 10.8. The van der Waals surface area contributed by atoms with E-state index < -0.39 is 0 Å². The number of nitrogens with one attached hydrogen (secondary N) is 2. The van der Waals surface area contributed by atoms with E-state index in [1.807, 2.05) is 0 Å². The zero-order valence-corrected chi connectivity index (χ0v) is 10.8. The van der Waals surface area contributed by atoms with Crippen molar-refractivity contribution in [2.45, 2.75) is 19.4 Å². The molecular weight excluding hydrogens is 231 g/mol. The maximum Gasteiger partial charge on any atom is 0.123 e. The molecule has 1 aromatic rings. The number of methoxy groups -OCH3 is 1. The summed E-state index contributed by atoms with van der Waals surface area (Å²) in [5, 5.41) is 6.72. The molecule has 0 aromatic heterocycles. The molecular formula is C14H21FN2O. The Hall–Kier alpha value is -1.13. The minimum Gasteiger partial charge on any atom is -0.496 e. The Labute approximate surface area is 108 Å². The van der Waals surface area contributed by atoms with Gasteiger partial charge in [0.05, 0.1) is 7.11 Å². The number of benzene rings is 1. The molecule has 1 fully saturated rings. The molecule has 2 rings (SSSR count). The first-order chi connectivity index (χ1) is 8.79. The van der Waals surface area contributed by atoms with Crippen molar-refractivity contribution in [2.75, 3.05) is 26.7 Å². The molecule has 2 N–H and O–H groups in total. The van der Waals surface area contributed by atoms with Gasteiger partial charge in [-0.05, 0) is 56.6 Å². The number of halogens is 1. The third-order valence-corrected chi connectivity index (χ3v) is 3.45. The molecule has 1 aliphatic rings. The second-order valence-corrected chi connectivity index (χ2v) is 4.78. The Morgan fingerprint density at radius 3 is 3.11 bits per heavy atom. The largest absolute Gasteiger partial charge is 0.496 e. The smallest absolute Gasteiger partial charge is 0.123 e. The van der Waals surface area contributed by atoms with Crippen molar-refractivity contribution < 1.29 is 9.13 Å². The van der Waals surface area contributed by atoms with E-state index in [-0.39, 0.29) is 5.82 Å². The lowest BCUT2D eigenvalue weighted by atomic mass is 10.1. The van der Waals surface area contributed by atoms with Gasteiger partial charge in [-0.15, -0.1) is 0 Å². The number of ether oxygens (including phenoxy) is 1. The van der Waals surface area contributed by atoms with Gasteiger partial charge in [-0.1, -0.05) is 0 Å². The normalized spacial score (nSPS) is 19.1. The van der Waals surface area contributed by atoms with Gasteiger partial charge in [0.1, 0.15) is 11.6 Å². The summed E-state index contributed by atoms with van der Waals surface area (Å²) < 4.78 is 18.4. The van der Waals surface area contributed by atoms with E-state index >= 15 is 0 Å². The fraction of sp³-hybridized carbons (Fsp3) is 0.571. The second kappa shape index (κ2) is 6.71. The van der Waals surface area contributed by atoms with Gasteiger partial charge in [-0.2, -0.15) is 0 Å². The number of hydrogen-bond donors (Lipinski definition) is 2. The van der Waals surface area contributed by atoms with E-state index in [2.05, 4.69) is 10.6 Å². The molecule has 0 saturated carbocycles. The lowest BCUT2D eigenvalue weighted by Gasteiger charge is -2.11. The molecule has 18 heavy (non-hydrogen) atoms. The third kappa shape index (κ3) is 3.68. The molecule has 1 aromatic carbocycles. The van der Waals surface area contributed by atoms with Crippen LogP contribution in [0.1, 0.15) is 18.4 Å². The van der Waals surface area contributed by atoms with Gasteiger partial charge < -0.3 is 15.4 Å². The molecule has 0 amide bonds. The minimum absolute atomic E-state index is 0.215. The second-order valence-electron chi connectivity index (χ2n) is 4.78. The average Bonchev–Trinajstić information content (AvgIpc) is 2.88. The van der Waals surface area contributed by atoms with Crippen molar-refractivity contribution in [1.29, 1.82) is 0 Å². The summed E-state index contributed by atoms with van der Waals surface area (Å²) in [6, 6.07) is 4.63. The zero-order chi connectivity index (χ0) is 12.8. The van der Waals surface area contributed by atoms with Gasteiger partial charge in [0, 0.05) is 12.1 Å². The Morgan fingerprint density at radius 1 is 1.50 bits per heavy atom. The molecule has 3 nitrogen and oxygen atoms in total. The topological polar surface area (TPSA) is 33.3 Å². The van der Waals surface area contributed by atoms with E-state index in [4.69, 9.17) is 4.74 Å². The van der Waals surface area contributed by atoms with Crippen molar-refractivity contribution in [3.05, 3.63) is 29.6 Å². The van der Waals surface area contributed by atoms with Crippen LogP contribution in [0.25, 0.3) is 0 Å². The lowest BCUT2D eigenvalue weighted by molar-refractivity contribution is 0.405. The van der Waals surface area contributed by atoms with Gasteiger partial charge in [0.25, 0.3) is 0 Å². The highest BCUT2D eigenvalue weighted by Gasteiger charge is 2.13.